The maximum absolute atomic E-state index is 12.8. The second-order valence-electron chi connectivity index (χ2n) is 7.45. The third-order valence-electron chi connectivity index (χ3n) is 5.32. The fourth-order valence-electron chi connectivity index (χ4n) is 3.65. The smallest absolute Gasteiger partial charge is 0.858 e. The summed E-state index contributed by atoms with van der Waals surface area (Å²) in [4.78, 5) is 8.50. The summed E-state index contributed by atoms with van der Waals surface area (Å²) in [6.07, 6.45) is 0. The maximum atomic E-state index is 12.8. The van der Waals surface area contributed by atoms with Crippen LogP contribution in [-0.2, 0) is 0 Å². The average molecular weight is 537 g/mol. The molecule has 0 atom stereocenters. The van der Waals surface area contributed by atoms with E-state index in [1.165, 1.54) is 0 Å². The van der Waals surface area contributed by atoms with E-state index in [2.05, 4.69) is 9.98 Å². The number of hydrogen-bond acceptors (Lipinski definition) is 4. The number of aliphatic imine (C=N–C) groups is 2. The van der Waals surface area contributed by atoms with Crippen LogP contribution in [0, 0.1) is 0 Å². The van der Waals surface area contributed by atoms with Gasteiger partial charge in [-0.05, 0) is 68.7 Å². The van der Waals surface area contributed by atoms with E-state index in [-0.39, 0.29) is 38.6 Å². The summed E-state index contributed by atoms with van der Waals surface area (Å²) in [7, 11) is 0. The molecule has 4 nitrogen and oxygen atoms in total. The molecule has 33 heavy (non-hydrogen) atoms. The number of rotatable bonds is 4. The topological polar surface area (TPSA) is 70.8 Å². The van der Waals surface area contributed by atoms with Crippen LogP contribution in [0.2, 0.25) is 0 Å². The molecule has 0 saturated carbocycles. The number of benzene rings is 5. The quantitative estimate of drug-likeness (QED) is 0.184. The molecule has 0 bridgehead atoms. The molecule has 2 radical (unpaired) electrons. The number of para-hydroxylation sites is 2. The summed E-state index contributed by atoms with van der Waals surface area (Å²) < 4.78 is 0. The van der Waals surface area contributed by atoms with Crippen molar-refractivity contribution in [1.82, 2.24) is 0 Å². The summed E-state index contributed by atoms with van der Waals surface area (Å²) in [6.45, 7) is 0. The van der Waals surface area contributed by atoms with Crippen molar-refractivity contribution in [3.8, 4) is 0 Å². The van der Waals surface area contributed by atoms with Crippen LogP contribution in [0.3, 0.4) is 0 Å². The largest absolute Gasteiger partial charge is 2.00 e. The molecule has 0 aromatic heterocycles. The van der Waals surface area contributed by atoms with Gasteiger partial charge in [0.1, 0.15) is 0 Å². The van der Waals surface area contributed by atoms with Crippen LogP contribution in [0.25, 0.3) is 21.5 Å². The Labute approximate surface area is 211 Å². The monoisotopic (exact) mass is 538 g/mol. The average Bonchev–Trinajstić information content (AvgIpc) is 2.84. The molecule has 5 aromatic rings. The Balaban J connectivity index is 0.00000144. The van der Waals surface area contributed by atoms with Crippen molar-refractivity contribution in [1.29, 1.82) is 0 Å². The summed E-state index contributed by atoms with van der Waals surface area (Å²) in [6, 6.07) is 33.5. The number of fused-ring (bicyclic) bond motifs is 2. The van der Waals surface area contributed by atoms with E-state index in [0.717, 1.165) is 21.5 Å². The van der Waals surface area contributed by atoms with Crippen LogP contribution in [0.1, 0.15) is 14.0 Å². The summed E-state index contributed by atoms with van der Waals surface area (Å²) in [5.41, 5.74) is 1.69. The molecule has 0 spiro atoms. The molecule has 0 heterocycles. The molecule has 0 aliphatic heterocycles. The Morgan fingerprint density at radius 3 is 1.27 bits per heavy atom. The molecule has 0 fully saturated rings. The van der Waals surface area contributed by atoms with E-state index < -0.39 is 0 Å². The molecule has 0 saturated heterocycles. The van der Waals surface area contributed by atoms with Gasteiger partial charge < -0.3 is 10.2 Å². The van der Waals surface area contributed by atoms with E-state index in [1.54, 1.807) is 36.4 Å². The first-order valence-electron chi connectivity index (χ1n) is 10.3. The van der Waals surface area contributed by atoms with Crippen LogP contribution in [0.5, 0.6) is 0 Å². The molecule has 0 aliphatic rings. The van der Waals surface area contributed by atoms with Crippen molar-refractivity contribution >= 4 is 68.6 Å². The Kier molecular flexibility index (Phi) is 6.75. The predicted octanol–water partition coefficient (Wildman–Crippen LogP) is 4.98. The maximum Gasteiger partial charge on any atom is 2.00 e. The van der Waals surface area contributed by atoms with Gasteiger partial charge in [-0.15, -0.1) is 0 Å². The summed E-state index contributed by atoms with van der Waals surface area (Å²) in [5, 5.41) is 29.7. The SMILES string of the molecule is [HH].[HH].[O-]C(=Nc1ccccc1N=C([O-])c1ccc2ccccc2c1)c1ccc2ccccc2c1.[Sn+2]. The second-order valence-corrected chi connectivity index (χ2v) is 7.45. The van der Waals surface area contributed by atoms with Gasteiger partial charge in [-0.1, -0.05) is 84.9 Å². The molecule has 5 aromatic carbocycles. The van der Waals surface area contributed by atoms with Crippen LogP contribution in [0.15, 0.2) is 119 Å². The molecule has 0 N–H and O–H groups in total. The van der Waals surface area contributed by atoms with Crippen LogP contribution in [0.4, 0.5) is 11.4 Å². The van der Waals surface area contributed by atoms with Gasteiger partial charge in [-0.25, -0.2) is 0 Å². The first-order chi connectivity index (χ1) is 15.7. The first kappa shape index (κ1) is 22.5. The van der Waals surface area contributed by atoms with Crippen LogP contribution in [-0.4, -0.2) is 35.7 Å². The van der Waals surface area contributed by atoms with E-state index in [1.807, 2.05) is 72.8 Å². The van der Waals surface area contributed by atoms with Gasteiger partial charge in [0.15, 0.2) is 0 Å². The normalized spacial score (nSPS) is 12.0. The van der Waals surface area contributed by atoms with Crippen LogP contribution < -0.4 is 10.2 Å². The second kappa shape index (κ2) is 9.88. The Hall–Kier alpha value is -3.64. The summed E-state index contributed by atoms with van der Waals surface area (Å²) in [5.74, 6) is -0.756. The molecular weight excluding hydrogens is 515 g/mol. The zero-order valence-corrected chi connectivity index (χ0v) is 20.5. The fourth-order valence-corrected chi connectivity index (χ4v) is 3.65. The van der Waals surface area contributed by atoms with Crippen molar-refractivity contribution < 1.29 is 13.1 Å². The van der Waals surface area contributed by atoms with Crippen molar-refractivity contribution in [2.75, 3.05) is 0 Å². The Bertz CT molecular complexity index is 1410. The zero-order chi connectivity index (χ0) is 21.9. The van der Waals surface area contributed by atoms with Gasteiger partial charge in [-0.2, -0.15) is 0 Å². The van der Waals surface area contributed by atoms with Gasteiger partial charge >= 0.3 is 23.9 Å². The molecule has 5 heteroatoms. The predicted molar refractivity (Wildman–Crippen MR) is 137 cm³/mol. The number of nitrogens with zero attached hydrogens (tertiary/aromatic N) is 2. The van der Waals surface area contributed by atoms with Crippen LogP contribution >= 0.6 is 0 Å². The Morgan fingerprint density at radius 2 is 0.848 bits per heavy atom. The molecule has 5 rings (SSSR count). The van der Waals surface area contributed by atoms with Gasteiger partial charge in [-0.3, -0.25) is 9.98 Å². The van der Waals surface area contributed by atoms with E-state index in [9.17, 15) is 10.2 Å². The third kappa shape index (κ3) is 4.91. The van der Waals surface area contributed by atoms with Gasteiger partial charge in [0.2, 0.25) is 0 Å². The van der Waals surface area contributed by atoms with E-state index >= 15 is 0 Å². The van der Waals surface area contributed by atoms with E-state index in [4.69, 9.17) is 0 Å². The molecule has 0 amide bonds. The zero-order valence-electron chi connectivity index (χ0n) is 17.6. The minimum Gasteiger partial charge on any atom is -0.858 e. The number of hydrogen-bond donors (Lipinski definition) is 0. The van der Waals surface area contributed by atoms with Gasteiger partial charge in [0.25, 0.3) is 0 Å². The van der Waals surface area contributed by atoms with E-state index in [0.29, 0.717) is 22.5 Å². The first-order valence-corrected chi connectivity index (χ1v) is 10.3. The third-order valence-corrected chi connectivity index (χ3v) is 5.32. The van der Waals surface area contributed by atoms with Crippen molar-refractivity contribution in [2.24, 2.45) is 9.98 Å². The molecule has 0 unspecified atom stereocenters. The Morgan fingerprint density at radius 1 is 0.485 bits per heavy atom. The standard InChI is InChI=1S/C28H20N2O2.Sn.2H2/c31-27(23-15-13-19-7-1-3-9-21(19)17-23)29-25-11-5-6-12-26(25)30-28(32)24-16-14-20-8-2-4-10-22(20)18-24;;;/h1-18H,(H,29,31)(H,30,32);;2*1H/q;+2;;/p-2. The minimum absolute atomic E-state index is 0. The summed E-state index contributed by atoms with van der Waals surface area (Å²) >= 11 is 0. The fraction of sp³-hybridized carbons (Fsp3) is 0. The van der Waals surface area contributed by atoms with Gasteiger partial charge in [0, 0.05) is 2.85 Å². The van der Waals surface area contributed by atoms with Crippen molar-refractivity contribution in [2.45, 2.75) is 0 Å². The van der Waals surface area contributed by atoms with Gasteiger partial charge in [0.05, 0.1) is 11.4 Å². The molecule has 0 aliphatic carbocycles. The van der Waals surface area contributed by atoms with Crippen molar-refractivity contribution in [3.63, 3.8) is 0 Å². The molecule has 160 valence electrons. The van der Waals surface area contributed by atoms with Crippen molar-refractivity contribution in [3.05, 3.63) is 120 Å². The minimum atomic E-state index is -0.378. The molecular formula is C28H22N2O2Sn.